The molecule has 0 aliphatic carbocycles. The summed E-state index contributed by atoms with van der Waals surface area (Å²) in [4.78, 5) is 16.2. The van der Waals surface area contributed by atoms with E-state index in [2.05, 4.69) is 109 Å². The molecule has 0 fully saturated rings. The van der Waals surface area contributed by atoms with Crippen LogP contribution >= 0.6 is 0 Å². The number of hydrogen-bond acceptors (Lipinski definition) is 5. The number of para-hydroxylation sites is 4. The maximum absolute atomic E-state index is 6.58. The van der Waals surface area contributed by atoms with E-state index < -0.39 is 0 Å². The summed E-state index contributed by atoms with van der Waals surface area (Å²) in [7, 11) is 0. The molecule has 3 heterocycles. The molecular weight excluding hydrogens is 687 g/mol. The largest absolute Gasteiger partial charge is 0.455 e. The lowest BCUT2D eigenvalue weighted by molar-refractivity contribution is 0.669. The van der Waals surface area contributed by atoms with Gasteiger partial charge in [-0.3, -0.25) is 0 Å². The molecule has 5 nitrogen and oxygen atoms in total. The van der Waals surface area contributed by atoms with E-state index in [4.69, 9.17) is 23.8 Å². The van der Waals surface area contributed by atoms with Gasteiger partial charge in [0.25, 0.3) is 0 Å². The summed E-state index contributed by atoms with van der Waals surface area (Å²) in [5.74, 6) is 1.55. The molecule has 262 valence electrons. The Hall–Kier alpha value is -7.63. The summed E-state index contributed by atoms with van der Waals surface area (Å²) in [6.45, 7) is 0. The Morgan fingerprint density at radius 3 is 1.16 bits per heavy atom. The SMILES string of the molecule is c1ccc(-c2ccc(-c3ccccc3)c(-c3nc(-c4cccc5c4oc4ccccc45)nc(-c4cccc5c4oc4ccccc45)n3)c2-c2ccccc2)cc1. The molecular formula is C51H31N3O2. The van der Waals surface area contributed by atoms with Gasteiger partial charge in [-0.05, 0) is 52.1 Å². The average Bonchev–Trinajstić information content (AvgIpc) is 3.85. The Balaban J connectivity index is 1.28. The van der Waals surface area contributed by atoms with Crippen molar-refractivity contribution in [1.82, 2.24) is 15.0 Å². The molecule has 0 saturated carbocycles. The van der Waals surface area contributed by atoms with E-state index in [1.807, 2.05) is 78.9 Å². The summed E-state index contributed by atoms with van der Waals surface area (Å²) < 4.78 is 13.2. The van der Waals surface area contributed by atoms with E-state index in [0.29, 0.717) is 17.5 Å². The molecule has 11 rings (SSSR count). The van der Waals surface area contributed by atoms with Gasteiger partial charge in [0.1, 0.15) is 22.3 Å². The minimum Gasteiger partial charge on any atom is -0.455 e. The minimum absolute atomic E-state index is 0.505. The third kappa shape index (κ3) is 5.21. The molecule has 8 aromatic carbocycles. The minimum atomic E-state index is 0.505. The van der Waals surface area contributed by atoms with Crippen molar-refractivity contribution < 1.29 is 8.83 Å². The van der Waals surface area contributed by atoms with Gasteiger partial charge in [-0.2, -0.15) is 0 Å². The molecule has 0 amide bonds. The molecule has 0 aliphatic rings. The lowest BCUT2D eigenvalue weighted by Crippen LogP contribution is -2.03. The second kappa shape index (κ2) is 13.0. The van der Waals surface area contributed by atoms with E-state index in [1.165, 1.54) is 0 Å². The highest BCUT2D eigenvalue weighted by atomic mass is 16.3. The molecule has 0 radical (unpaired) electrons. The summed E-state index contributed by atoms with van der Waals surface area (Å²) in [6.07, 6.45) is 0. The summed E-state index contributed by atoms with van der Waals surface area (Å²) >= 11 is 0. The van der Waals surface area contributed by atoms with Gasteiger partial charge < -0.3 is 8.83 Å². The van der Waals surface area contributed by atoms with E-state index in [0.717, 1.165) is 93.9 Å². The van der Waals surface area contributed by atoms with Crippen molar-refractivity contribution in [2.45, 2.75) is 0 Å². The van der Waals surface area contributed by atoms with E-state index >= 15 is 0 Å². The van der Waals surface area contributed by atoms with Crippen molar-refractivity contribution in [3.8, 4) is 67.5 Å². The zero-order chi connectivity index (χ0) is 37.0. The maximum Gasteiger partial charge on any atom is 0.167 e. The van der Waals surface area contributed by atoms with Gasteiger partial charge in [0.2, 0.25) is 0 Å². The topological polar surface area (TPSA) is 65.0 Å². The van der Waals surface area contributed by atoms with Crippen LogP contribution in [0.2, 0.25) is 0 Å². The maximum atomic E-state index is 6.58. The molecule has 3 aromatic heterocycles. The number of hydrogen-bond donors (Lipinski definition) is 0. The smallest absolute Gasteiger partial charge is 0.167 e. The van der Waals surface area contributed by atoms with Gasteiger partial charge in [0.05, 0.1) is 11.1 Å². The number of furan rings is 2. The predicted molar refractivity (Wildman–Crippen MR) is 227 cm³/mol. The normalized spacial score (nSPS) is 11.6. The fraction of sp³-hybridized carbons (Fsp3) is 0. The molecule has 5 heteroatoms. The first-order chi connectivity index (χ1) is 27.8. The molecule has 0 aliphatic heterocycles. The standard InChI is InChI=1S/C51H31N3O2/c1-4-16-32(17-5-1)35-30-31-36(33-18-6-2-7-19-33)46(45(35)34-20-8-3-9-21-34)51-53-49(41-26-14-24-39-37-22-10-12-28-43(37)55-47(39)41)52-50(54-51)42-27-15-25-40-38-23-11-13-29-44(38)56-48(40)42/h1-31H. The first-order valence-corrected chi connectivity index (χ1v) is 18.7. The van der Waals surface area contributed by atoms with E-state index in [1.54, 1.807) is 0 Å². The summed E-state index contributed by atoms with van der Waals surface area (Å²) in [5, 5.41) is 4.09. The predicted octanol–water partition coefficient (Wildman–Crippen LogP) is 13.7. The van der Waals surface area contributed by atoms with Crippen LogP contribution in [0.25, 0.3) is 111 Å². The van der Waals surface area contributed by atoms with Crippen LogP contribution in [0.3, 0.4) is 0 Å². The zero-order valence-corrected chi connectivity index (χ0v) is 30.1. The average molecular weight is 718 g/mol. The van der Waals surface area contributed by atoms with Crippen LogP contribution in [0.5, 0.6) is 0 Å². The Kier molecular flexibility index (Phi) is 7.42. The fourth-order valence-corrected chi connectivity index (χ4v) is 8.03. The third-order valence-electron chi connectivity index (χ3n) is 10.6. The van der Waals surface area contributed by atoms with Crippen LogP contribution in [-0.2, 0) is 0 Å². The van der Waals surface area contributed by atoms with E-state index in [-0.39, 0.29) is 0 Å². The molecule has 11 aromatic rings. The molecule has 0 unspecified atom stereocenters. The molecule has 0 atom stereocenters. The number of fused-ring (bicyclic) bond motifs is 6. The van der Waals surface area contributed by atoms with Crippen LogP contribution < -0.4 is 0 Å². The lowest BCUT2D eigenvalue weighted by Gasteiger charge is -2.20. The number of aromatic nitrogens is 3. The summed E-state index contributed by atoms with van der Waals surface area (Å²) in [6, 6.07) is 64.5. The van der Waals surface area contributed by atoms with Gasteiger partial charge in [-0.15, -0.1) is 0 Å². The van der Waals surface area contributed by atoms with Crippen LogP contribution in [0.15, 0.2) is 197 Å². The second-order valence-corrected chi connectivity index (χ2v) is 13.9. The Morgan fingerprint density at radius 1 is 0.268 bits per heavy atom. The molecule has 0 bridgehead atoms. The second-order valence-electron chi connectivity index (χ2n) is 13.9. The van der Waals surface area contributed by atoms with Gasteiger partial charge in [-0.25, -0.2) is 15.0 Å². The van der Waals surface area contributed by atoms with Gasteiger partial charge in [0.15, 0.2) is 17.5 Å². The van der Waals surface area contributed by atoms with Crippen molar-refractivity contribution in [2.75, 3.05) is 0 Å². The molecule has 0 spiro atoms. The molecule has 0 N–H and O–H groups in total. The number of rotatable bonds is 6. The monoisotopic (exact) mass is 717 g/mol. The molecule has 56 heavy (non-hydrogen) atoms. The van der Waals surface area contributed by atoms with Gasteiger partial charge in [0, 0.05) is 32.7 Å². The number of benzene rings is 8. The van der Waals surface area contributed by atoms with Crippen molar-refractivity contribution >= 4 is 43.9 Å². The highest BCUT2D eigenvalue weighted by Gasteiger charge is 2.25. The fourth-order valence-electron chi connectivity index (χ4n) is 8.03. The van der Waals surface area contributed by atoms with Crippen LogP contribution in [0.4, 0.5) is 0 Å². The lowest BCUT2D eigenvalue weighted by atomic mass is 9.85. The Labute approximate surface area is 322 Å². The quantitative estimate of drug-likeness (QED) is 0.171. The first kappa shape index (κ1) is 31.9. The highest BCUT2D eigenvalue weighted by Crippen LogP contribution is 2.46. The van der Waals surface area contributed by atoms with Crippen molar-refractivity contribution in [3.63, 3.8) is 0 Å². The summed E-state index contributed by atoms with van der Waals surface area (Å²) in [5.41, 5.74) is 11.9. The van der Waals surface area contributed by atoms with Crippen molar-refractivity contribution in [1.29, 1.82) is 0 Å². The zero-order valence-electron chi connectivity index (χ0n) is 30.1. The highest BCUT2D eigenvalue weighted by molar-refractivity contribution is 6.11. The van der Waals surface area contributed by atoms with Crippen molar-refractivity contribution in [2.24, 2.45) is 0 Å². The van der Waals surface area contributed by atoms with Crippen LogP contribution in [-0.4, -0.2) is 15.0 Å². The van der Waals surface area contributed by atoms with Crippen molar-refractivity contribution in [3.05, 3.63) is 188 Å². The number of nitrogens with zero attached hydrogens (tertiary/aromatic N) is 3. The van der Waals surface area contributed by atoms with Gasteiger partial charge >= 0.3 is 0 Å². The van der Waals surface area contributed by atoms with Gasteiger partial charge in [-0.1, -0.05) is 164 Å². The van der Waals surface area contributed by atoms with Crippen LogP contribution in [0, 0.1) is 0 Å². The Bertz CT molecular complexity index is 3110. The Morgan fingerprint density at radius 2 is 0.661 bits per heavy atom. The van der Waals surface area contributed by atoms with Crippen LogP contribution in [0.1, 0.15) is 0 Å². The molecule has 0 saturated heterocycles. The van der Waals surface area contributed by atoms with E-state index in [9.17, 15) is 0 Å². The third-order valence-corrected chi connectivity index (χ3v) is 10.6. The first-order valence-electron chi connectivity index (χ1n) is 18.7.